The quantitative estimate of drug-likeness (QED) is 0.939. The zero-order chi connectivity index (χ0) is 14.9. The predicted molar refractivity (Wildman–Crippen MR) is 85.5 cm³/mol. The molecule has 1 aliphatic rings. The van der Waals surface area contributed by atoms with Gasteiger partial charge in [-0.05, 0) is 38.9 Å². The van der Waals surface area contributed by atoms with Gasteiger partial charge in [-0.15, -0.1) is 0 Å². The van der Waals surface area contributed by atoms with Crippen LogP contribution in [0.2, 0.25) is 0 Å². The van der Waals surface area contributed by atoms with Crippen molar-refractivity contribution in [3.63, 3.8) is 0 Å². The van der Waals surface area contributed by atoms with Gasteiger partial charge in [0.1, 0.15) is 5.52 Å². The van der Waals surface area contributed by atoms with Crippen LogP contribution in [0, 0.1) is 5.92 Å². The average molecular weight is 287 g/mol. The third kappa shape index (κ3) is 2.75. The van der Waals surface area contributed by atoms with Gasteiger partial charge < -0.3 is 10.2 Å². The summed E-state index contributed by atoms with van der Waals surface area (Å²) in [6.45, 7) is 3.30. The van der Waals surface area contributed by atoms with Gasteiger partial charge in [-0.3, -0.25) is 0 Å². The molecule has 1 fully saturated rings. The molecule has 21 heavy (non-hydrogen) atoms. The van der Waals surface area contributed by atoms with E-state index in [2.05, 4.69) is 41.3 Å². The Morgan fingerprint density at radius 2 is 2.29 bits per heavy atom. The minimum atomic E-state index is 0.228. The van der Waals surface area contributed by atoms with E-state index in [0.29, 0.717) is 0 Å². The Labute approximate surface area is 126 Å². The molecule has 2 atom stereocenters. The van der Waals surface area contributed by atoms with Crippen molar-refractivity contribution in [2.24, 2.45) is 5.92 Å². The van der Waals surface area contributed by atoms with Crippen molar-refractivity contribution < 1.29 is 0 Å². The first-order valence-electron chi connectivity index (χ1n) is 7.80. The number of nitrogens with one attached hydrogen (secondary N) is 1. The maximum absolute atomic E-state index is 4.48. The molecular formula is C16H25N5. The molecule has 3 rings (SSSR count). The molecule has 2 unspecified atom stereocenters. The number of fused-ring (bicyclic) bond motifs is 1. The maximum atomic E-state index is 4.48. The Kier molecular flexibility index (Phi) is 3.85. The van der Waals surface area contributed by atoms with E-state index in [1.165, 1.54) is 25.7 Å². The summed E-state index contributed by atoms with van der Waals surface area (Å²) in [6, 6.07) is 2.00. The normalized spacial score (nSPS) is 26.4. The fourth-order valence-electron chi connectivity index (χ4n) is 3.60. The standard InChI is InChI=1S/C16H25N5/c1-13-5-4-7-16(11-13,20(2)3)12-18-15-14-6-8-19-21(14)10-9-17-15/h6,8-10,13H,4-5,7,11-12H2,1-3H3,(H,17,18). The first-order chi connectivity index (χ1) is 10.1. The van der Waals surface area contributed by atoms with Gasteiger partial charge in [0.25, 0.3) is 0 Å². The second-order valence-electron chi connectivity index (χ2n) is 6.61. The summed E-state index contributed by atoms with van der Waals surface area (Å²) >= 11 is 0. The molecule has 0 amide bonds. The summed E-state index contributed by atoms with van der Waals surface area (Å²) in [5.74, 6) is 1.72. The van der Waals surface area contributed by atoms with Crippen molar-refractivity contribution >= 4 is 11.3 Å². The van der Waals surface area contributed by atoms with Gasteiger partial charge in [0, 0.05) is 24.5 Å². The SMILES string of the molecule is CC1CCCC(CNc2nccn3nccc23)(N(C)C)C1. The monoisotopic (exact) mass is 287 g/mol. The molecule has 0 aromatic carbocycles. The summed E-state index contributed by atoms with van der Waals surface area (Å²) in [5, 5.41) is 7.84. The van der Waals surface area contributed by atoms with E-state index in [4.69, 9.17) is 0 Å². The topological polar surface area (TPSA) is 45.5 Å². The summed E-state index contributed by atoms with van der Waals surface area (Å²) in [7, 11) is 4.40. The van der Waals surface area contributed by atoms with Crippen molar-refractivity contribution in [3.8, 4) is 0 Å². The predicted octanol–water partition coefficient (Wildman–Crippen LogP) is 2.65. The maximum Gasteiger partial charge on any atom is 0.152 e. The zero-order valence-electron chi connectivity index (χ0n) is 13.2. The molecule has 0 aliphatic heterocycles. The van der Waals surface area contributed by atoms with Crippen LogP contribution in [0.5, 0.6) is 0 Å². The minimum absolute atomic E-state index is 0.228. The number of aromatic nitrogens is 3. The number of anilines is 1. The highest BCUT2D eigenvalue weighted by Crippen LogP contribution is 2.35. The summed E-state index contributed by atoms with van der Waals surface area (Å²) in [4.78, 5) is 6.88. The first kappa shape index (κ1) is 14.3. The Bertz CT molecular complexity index is 605. The third-order valence-electron chi connectivity index (χ3n) is 4.93. The molecule has 0 spiro atoms. The molecule has 1 aliphatic carbocycles. The van der Waals surface area contributed by atoms with Crippen LogP contribution in [0.4, 0.5) is 5.82 Å². The molecule has 0 saturated heterocycles. The fraction of sp³-hybridized carbons (Fsp3) is 0.625. The first-order valence-corrected chi connectivity index (χ1v) is 7.80. The highest BCUT2D eigenvalue weighted by atomic mass is 15.2. The molecule has 5 heteroatoms. The van der Waals surface area contributed by atoms with Crippen LogP contribution >= 0.6 is 0 Å². The van der Waals surface area contributed by atoms with Crippen molar-refractivity contribution in [2.75, 3.05) is 26.0 Å². The number of nitrogens with zero attached hydrogens (tertiary/aromatic N) is 4. The van der Waals surface area contributed by atoms with E-state index < -0.39 is 0 Å². The van der Waals surface area contributed by atoms with Gasteiger partial charge in [-0.25, -0.2) is 9.50 Å². The van der Waals surface area contributed by atoms with E-state index in [0.717, 1.165) is 23.8 Å². The molecule has 2 aromatic rings. The van der Waals surface area contributed by atoms with Crippen LogP contribution in [-0.2, 0) is 0 Å². The Morgan fingerprint density at radius 1 is 1.43 bits per heavy atom. The molecule has 2 heterocycles. The van der Waals surface area contributed by atoms with E-state index in [1.54, 1.807) is 6.20 Å². The smallest absolute Gasteiger partial charge is 0.152 e. The van der Waals surface area contributed by atoms with E-state index in [1.807, 2.05) is 23.0 Å². The molecule has 1 saturated carbocycles. The average Bonchev–Trinajstić information content (AvgIpc) is 2.94. The largest absolute Gasteiger partial charge is 0.366 e. The number of hydrogen-bond donors (Lipinski definition) is 1. The molecule has 114 valence electrons. The molecule has 0 bridgehead atoms. The van der Waals surface area contributed by atoms with Crippen LogP contribution in [0.1, 0.15) is 32.6 Å². The number of hydrogen-bond acceptors (Lipinski definition) is 4. The fourth-order valence-corrected chi connectivity index (χ4v) is 3.60. The number of rotatable bonds is 4. The summed E-state index contributed by atoms with van der Waals surface area (Å²) < 4.78 is 1.86. The van der Waals surface area contributed by atoms with Gasteiger partial charge >= 0.3 is 0 Å². The van der Waals surface area contributed by atoms with Crippen molar-refractivity contribution in [1.82, 2.24) is 19.5 Å². The lowest BCUT2D eigenvalue weighted by Gasteiger charge is -2.45. The van der Waals surface area contributed by atoms with E-state index in [-0.39, 0.29) is 5.54 Å². The zero-order valence-corrected chi connectivity index (χ0v) is 13.2. The lowest BCUT2D eigenvalue weighted by Crippen LogP contribution is -2.52. The molecule has 1 N–H and O–H groups in total. The van der Waals surface area contributed by atoms with Gasteiger partial charge in [0.15, 0.2) is 5.82 Å². The lowest BCUT2D eigenvalue weighted by molar-refractivity contribution is 0.0882. The summed E-state index contributed by atoms with van der Waals surface area (Å²) in [6.07, 6.45) is 10.7. The Balaban J connectivity index is 1.79. The highest BCUT2D eigenvalue weighted by molar-refractivity contribution is 5.66. The second kappa shape index (κ2) is 5.64. The van der Waals surface area contributed by atoms with Crippen LogP contribution in [0.25, 0.3) is 5.52 Å². The van der Waals surface area contributed by atoms with Gasteiger partial charge in [-0.2, -0.15) is 5.10 Å². The minimum Gasteiger partial charge on any atom is -0.366 e. The molecule has 0 radical (unpaired) electrons. The molecular weight excluding hydrogens is 262 g/mol. The van der Waals surface area contributed by atoms with Gasteiger partial charge in [0.05, 0.1) is 6.20 Å². The third-order valence-corrected chi connectivity index (χ3v) is 4.93. The van der Waals surface area contributed by atoms with Crippen LogP contribution in [-0.4, -0.2) is 45.7 Å². The van der Waals surface area contributed by atoms with E-state index in [9.17, 15) is 0 Å². The highest BCUT2D eigenvalue weighted by Gasteiger charge is 2.36. The second-order valence-corrected chi connectivity index (χ2v) is 6.61. The Morgan fingerprint density at radius 3 is 3.05 bits per heavy atom. The van der Waals surface area contributed by atoms with E-state index >= 15 is 0 Å². The van der Waals surface area contributed by atoms with Crippen LogP contribution in [0.3, 0.4) is 0 Å². The number of likely N-dealkylation sites (N-methyl/N-ethyl adjacent to an activating group) is 1. The van der Waals surface area contributed by atoms with Crippen molar-refractivity contribution in [3.05, 3.63) is 24.7 Å². The lowest BCUT2D eigenvalue weighted by atomic mass is 9.75. The Hall–Kier alpha value is -1.62. The molecule has 2 aromatic heterocycles. The summed E-state index contributed by atoms with van der Waals surface area (Å²) in [5.41, 5.74) is 1.27. The van der Waals surface area contributed by atoms with Gasteiger partial charge in [-0.1, -0.05) is 19.8 Å². The van der Waals surface area contributed by atoms with Crippen molar-refractivity contribution in [2.45, 2.75) is 38.1 Å². The van der Waals surface area contributed by atoms with Crippen LogP contribution < -0.4 is 5.32 Å². The van der Waals surface area contributed by atoms with Crippen LogP contribution in [0.15, 0.2) is 24.7 Å². The van der Waals surface area contributed by atoms with Crippen molar-refractivity contribution in [1.29, 1.82) is 0 Å². The van der Waals surface area contributed by atoms with Gasteiger partial charge in [0.2, 0.25) is 0 Å². The molecule has 5 nitrogen and oxygen atoms in total.